The number of carbonyl (C=O) groups excluding carboxylic acids is 1. The Morgan fingerprint density at radius 3 is 2.60 bits per heavy atom. The second-order valence-electron chi connectivity index (χ2n) is 4.66. The van der Waals surface area contributed by atoms with E-state index in [0.29, 0.717) is 5.25 Å². The number of amides is 2. The highest BCUT2D eigenvalue weighted by Gasteiger charge is 2.12. The lowest BCUT2D eigenvalue weighted by molar-refractivity contribution is -0.137. The molecule has 0 aromatic heterocycles. The van der Waals surface area contributed by atoms with E-state index in [1.54, 1.807) is 18.8 Å². The van der Waals surface area contributed by atoms with E-state index < -0.39 is 5.97 Å². The second kappa shape index (κ2) is 7.79. The number of nitrogens with one attached hydrogen (secondary N) is 1. The van der Waals surface area contributed by atoms with E-state index in [4.69, 9.17) is 5.11 Å². The largest absolute Gasteiger partial charge is 0.481 e. The number of benzene rings is 1. The van der Waals surface area contributed by atoms with Gasteiger partial charge in [0.1, 0.15) is 0 Å². The van der Waals surface area contributed by atoms with Crippen LogP contribution in [0.3, 0.4) is 0 Å². The maximum absolute atomic E-state index is 12.0. The van der Waals surface area contributed by atoms with Crippen molar-refractivity contribution in [3.63, 3.8) is 0 Å². The normalized spacial score (nSPS) is 10.4. The van der Waals surface area contributed by atoms with Crippen LogP contribution in [-0.4, -0.2) is 40.8 Å². The van der Waals surface area contributed by atoms with Crippen LogP contribution in [0, 0.1) is 0 Å². The first-order chi connectivity index (χ1) is 9.40. The highest BCUT2D eigenvalue weighted by Crippen LogP contribution is 2.30. The van der Waals surface area contributed by atoms with Gasteiger partial charge in [-0.1, -0.05) is 26.0 Å². The molecule has 0 aliphatic carbocycles. The van der Waals surface area contributed by atoms with Crippen LogP contribution in [0.1, 0.15) is 20.3 Å². The number of rotatable bonds is 6. The van der Waals surface area contributed by atoms with Crippen molar-refractivity contribution in [1.29, 1.82) is 0 Å². The van der Waals surface area contributed by atoms with Crippen LogP contribution in [-0.2, 0) is 4.79 Å². The summed E-state index contributed by atoms with van der Waals surface area (Å²) in [4.78, 5) is 24.8. The van der Waals surface area contributed by atoms with E-state index in [0.717, 1.165) is 10.6 Å². The first-order valence-corrected chi connectivity index (χ1v) is 7.27. The molecule has 0 bridgehead atoms. The molecule has 110 valence electrons. The van der Waals surface area contributed by atoms with Crippen LogP contribution in [0.4, 0.5) is 10.5 Å². The van der Waals surface area contributed by atoms with Crippen molar-refractivity contribution < 1.29 is 14.7 Å². The predicted molar refractivity (Wildman–Crippen MR) is 81.3 cm³/mol. The van der Waals surface area contributed by atoms with E-state index in [-0.39, 0.29) is 19.0 Å². The Bertz CT molecular complexity index is 477. The van der Waals surface area contributed by atoms with Gasteiger partial charge in [-0.15, -0.1) is 11.8 Å². The molecule has 2 N–H and O–H groups in total. The minimum Gasteiger partial charge on any atom is -0.481 e. The molecule has 1 rings (SSSR count). The number of anilines is 1. The summed E-state index contributed by atoms with van der Waals surface area (Å²) in [6.45, 7) is 4.35. The van der Waals surface area contributed by atoms with Gasteiger partial charge in [-0.25, -0.2) is 4.79 Å². The molecule has 6 heteroatoms. The van der Waals surface area contributed by atoms with Crippen molar-refractivity contribution in [3.05, 3.63) is 24.3 Å². The molecule has 0 aliphatic heterocycles. The number of carbonyl (C=O) groups is 2. The highest BCUT2D eigenvalue weighted by molar-refractivity contribution is 8.00. The quantitative estimate of drug-likeness (QED) is 0.791. The van der Waals surface area contributed by atoms with Crippen LogP contribution in [0.25, 0.3) is 0 Å². The number of carboxylic acid groups (broad SMARTS) is 1. The summed E-state index contributed by atoms with van der Waals surface area (Å²) in [6.07, 6.45) is -0.0632. The molecule has 0 saturated heterocycles. The third-order valence-corrected chi connectivity index (χ3v) is 3.58. The van der Waals surface area contributed by atoms with Crippen LogP contribution >= 0.6 is 11.8 Å². The third-order valence-electron chi connectivity index (χ3n) is 2.50. The zero-order chi connectivity index (χ0) is 15.1. The van der Waals surface area contributed by atoms with Gasteiger partial charge in [-0.05, 0) is 12.1 Å². The lowest BCUT2D eigenvalue weighted by atomic mass is 10.3. The SMILES string of the molecule is CC(C)Sc1ccccc1NC(=O)N(C)CCC(=O)O. The minimum atomic E-state index is -0.916. The van der Waals surface area contributed by atoms with Crippen molar-refractivity contribution in [3.8, 4) is 0 Å². The molecule has 0 fully saturated rings. The van der Waals surface area contributed by atoms with Crippen LogP contribution in [0.15, 0.2) is 29.2 Å². The van der Waals surface area contributed by atoms with Crippen LogP contribution in [0.5, 0.6) is 0 Å². The first kappa shape index (κ1) is 16.4. The number of para-hydroxylation sites is 1. The second-order valence-corrected chi connectivity index (χ2v) is 6.28. The number of aliphatic carboxylic acids is 1. The minimum absolute atomic E-state index is 0.0632. The molecule has 0 atom stereocenters. The van der Waals surface area contributed by atoms with E-state index in [2.05, 4.69) is 19.2 Å². The lowest BCUT2D eigenvalue weighted by Crippen LogP contribution is -2.33. The Morgan fingerprint density at radius 1 is 1.35 bits per heavy atom. The zero-order valence-corrected chi connectivity index (χ0v) is 12.7. The number of thioether (sulfide) groups is 1. The van der Waals surface area contributed by atoms with Gasteiger partial charge in [0.15, 0.2) is 0 Å². The monoisotopic (exact) mass is 296 g/mol. The average Bonchev–Trinajstić information content (AvgIpc) is 2.37. The smallest absolute Gasteiger partial charge is 0.321 e. The lowest BCUT2D eigenvalue weighted by Gasteiger charge is -2.18. The molecular formula is C14H20N2O3S. The van der Waals surface area contributed by atoms with Crippen molar-refractivity contribution >= 4 is 29.4 Å². The number of hydrogen-bond acceptors (Lipinski definition) is 3. The summed E-state index contributed by atoms with van der Waals surface area (Å²) in [6, 6.07) is 7.28. The van der Waals surface area contributed by atoms with Crippen molar-refractivity contribution in [2.45, 2.75) is 30.4 Å². The molecule has 0 unspecified atom stereocenters. The number of nitrogens with zero attached hydrogens (tertiary/aromatic N) is 1. The Morgan fingerprint density at radius 2 is 2.00 bits per heavy atom. The molecule has 0 spiro atoms. The van der Waals surface area contributed by atoms with E-state index in [1.165, 1.54) is 4.90 Å². The van der Waals surface area contributed by atoms with E-state index >= 15 is 0 Å². The predicted octanol–water partition coefficient (Wildman–Crippen LogP) is 3.13. The molecule has 1 aromatic carbocycles. The van der Waals surface area contributed by atoms with Crippen molar-refractivity contribution in [2.24, 2.45) is 0 Å². The van der Waals surface area contributed by atoms with Gasteiger partial charge in [0.2, 0.25) is 0 Å². The molecule has 0 saturated carbocycles. The van der Waals surface area contributed by atoms with E-state index in [9.17, 15) is 9.59 Å². The van der Waals surface area contributed by atoms with Gasteiger partial charge in [0.25, 0.3) is 0 Å². The average molecular weight is 296 g/mol. The van der Waals surface area contributed by atoms with Gasteiger partial charge >= 0.3 is 12.0 Å². The molecule has 2 amide bonds. The van der Waals surface area contributed by atoms with E-state index in [1.807, 2.05) is 24.3 Å². The molecule has 5 nitrogen and oxygen atoms in total. The molecule has 20 heavy (non-hydrogen) atoms. The fourth-order valence-electron chi connectivity index (χ4n) is 1.50. The molecule has 1 aromatic rings. The van der Waals surface area contributed by atoms with Crippen LogP contribution < -0.4 is 5.32 Å². The maximum Gasteiger partial charge on any atom is 0.321 e. The Balaban J connectivity index is 2.67. The fourth-order valence-corrected chi connectivity index (χ4v) is 2.41. The first-order valence-electron chi connectivity index (χ1n) is 6.39. The highest BCUT2D eigenvalue weighted by atomic mass is 32.2. The molecule has 0 radical (unpaired) electrons. The fraction of sp³-hybridized carbons (Fsp3) is 0.429. The Kier molecular flexibility index (Phi) is 6.38. The maximum atomic E-state index is 12.0. The summed E-state index contributed by atoms with van der Waals surface area (Å²) >= 11 is 1.67. The van der Waals surface area contributed by atoms with Gasteiger partial charge in [-0.3, -0.25) is 4.79 Å². The number of carboxylic acids is 1. The van der Waals surface area contributed by atoms with Crippen LogP contribution in [0.2, 0.25) is 0 Å². The molecular weight excluding hydrogens is 276 g/mol. The summed E-state index contributed by atoms with van der Waals surface area (Å²) < 4.78 is 0. The van der Waals surface area contributed by atoms with Crippen molar-refractivity contribution in [2.75, 3.05) is 18.9 Å². The van der Waals surface area contributed by atoms with Gasteiger partial charge < -0.3 is 15.3 Å². The van der Waals surface area contributed by atoms with Crippen molar-refractivity contribution in [1.82, 2.24) is 4.90 Å². The molecule has 0 aliphatic rings. The summed E-state index contributed by atoms with van der Waals surface area (Å²) in [7, 11) is 1.58. The topological polar surface area (TPSA) is 69.6 Å². The number of urea groups is 1. The Labute approximate surface area is 123 Å². The summed E-state index contributed by atoms with van der Waals surface area (Å²) in [5, 5.41) is 11.8. The molecule has 0 heterocycles. The summed E-state index contributed by atoms with van der Waals surface area (Å²) in [5.41, 5.74) is 0.748. The summed E-state index contributed by atoms with van der Waals surface area (Å²) in [5.74, 6) is -0.916. The standard InChI is InChI=1S/C14H20N2O3S/c1-10(2)20-12-7-5-4-6-11(12)15-14(19)16(3)9-8-13(17)18/h4-7,10H,8-9H2,1-3H3,(H,15,19)(H,17,18). The Hall–Kier alpha value is -1.69. The third kappa shape index (κ3) is 5.52. The van der Waals surface area contributed by atoms with Gasteiger partial charge in [0, 0.05) is 23.7 Å². The zero-order valence-electron chi connectivity index (χ0n) is 11.9. The number of hydrogen-bond donors (Lipinski definition) is 2. The van der Waals surface area contributed by atoms with Gasteiger partial charge in [-0.2, -0.15) is 0 Å². The van der Waals surface area contributed by atoms with Gasteiger partial charge in [0.05, 0.1) is 12.1 Å².